The van der Waals surface area contributed by atoms with Crippen LogP contribution in [-0.2, 0) is 19.4 Å². The molecule has 0 fully saturated rings. The fourth-order valence-corrected chi connectivity index (χ4v) is 2.73. The van der Waals surface area contributed by atoms with Crippen LogP contribution in [0.15, 0.2) is 30.3 Å². The highest BCUT2D eigenvalue weighted by molar-refractivity contribution is 5.62. The van der Waals surface area contributed by atoms with Crippen LogP contribution in [0.5, 0.6) is 0 Å². The number of aromatic nitrogens is 2. The van der Waals surface area contributed by atoms with Crippen molar-refractivity contribution < 1.29 is 5.11 Å². The van der Waals surface area contributed by atoms with Gasteiger partial charge in [-0.05, 0) is 12.8 Å². The van der Waals surface area contributed by atoms with E-state index in [2.05, 4.69) is 16.7 Å². The minimum Gasteiger partial charge on any atom is -0.396 e. The molecule has 0 saturated carbocycles. The first kappa shape index (κ1) is 11.5. The molecule has 1 aromatic heterocycles. The van der Waals surface area contributed by atoms with E-state index in [-0.39, 0.29) is 6.61 Å². The van der Waals surface area contributed by atoms with Crippen LogP contribution in [-0.4, -0.2) is 21.3 Å². The molecule has 2 aromatic rings. The van der Waals surface area contributed by atoms with Crippen LogP contribution < -0.4 is 0 Å². The number of fused-ring (bicyclic) bond motifs is 1. The van der Waals surface area contributed by atoms with Crippen molar-refractivity contribution in [1.82, 2.24) is 9.55 Å². The Balaban J connectivity index is 2.11. The minimum atomic E-state index is 0.185. The molecule has 3 rings (SSSR count). The average molecular weight is 242 g/mol. The van der Waals surface area contributed by atoms with Crippen molar-refractivity contribution in [2.45, 2.75) is 32.2 Å². The number of aliphatic hydroxyl groups excluding tert-OH is 1. The van der Waals surface area contributed by atoms with E-state index in [0.717, 1.165) is 24.2 Å². The van der Waals surface area contributed by atoms with Gasteiger partial charge in [-0.1, -0.05) is 30.3 Å². The molecule has 18 heavy (non-hydrogen) atoms. The van der Waals surface area contributed by atoms with E-state index >= 15 is 0 Å². The molecule has 0 radical (unpaired) electrons. The third-order valence-electron chi connectivity index (χ3n) is 3.58. The number of hydrogen-bond donors (Lipinski definition) is 1. The van der Waals surface area contributed by atoms with Crippen molar-refractivity contribution in [2.75, 3.05) is 6.61 Å². The Morgan fingerprint density at radius 2 is 2.00 bits per heavy atom. The van der Waals surface area contributed by atoms with Gasteiger partial charge in [0, 0.05) is 37.3 Å². The lowest BCUT2D eigenvalue weighted by Gasteiger charge is -2.16. The Bertz CT molecular complexity index is 531. The smallest absolute Gasteiger partial charge is 0.109 e. The lowest BCUT2D eigenvalue weighted by atomic mass is 10.1. The van der Waals surface area contributed by atoms with Crippen LogP contribution in [0.3, 0.4) is 0 Å². The van der Waals surface area contributed by atoms with Gasteiger partial charge >= 0.3 is 0 Å². The summed E-state index contributed by atoms with van der Waals surface area (Å²) in [4.78, 5) is 4.79. The van der Waals surface area contributed by atoms with E-state index in [1.54, 1.807) is 0 Å². The molecule has 94 valence electrons. The molecule has 1 aromatic carbocycles. The van der Waals surface area contributed by atoms with Gasteiger partial charge in [-0.25, -0.2) is 4.98 Å². The van der Waals surface area contributed by atoms with Gasteiger partial charge in [-0.15, -0.1) is 0 Å². The van der Waals surface area contributed by atoms with Gasteiger partial charge in [0.15, 0.2) is 0 Å². The second-order valence-electron chi connectivity index (χ2n) is 4.77. The lowest BCUT2D eigenvalue weighted by Crippen LogP contribution is -2.13. The number of rotatable bonds is 3. The van der Waals surface area contributed by atoms with E-state index in [4.69, 9.17) is 4.98 Å². The Morgan fingerprint density at radius 1 is 1.17 bits per heavy atom. The van der Waals surface area contributed by atoms with Gasteiger partial charge in [0.05, 0.1) is 5.69 Å². The van der Waals surface area contributed by atoms with Crippen molar-refractivity contribution in [2.24, 2.45) is 0 Å². The van der Waals surface area contributed by atoms with Crippen LogP contribution in [0.25, 0.3) is 11.3 Å². The summed E-state index contributed by atoms with van der Waals surface area (Å²) < 4.78 is 2.31. The summed E-state index contributed by atoms with van der Waals surface area (Å²) in [6, 6.07) is 10.3. The Kier molecular flexibility index (Phi) is 3.15. The molecule has 0 unspecified atom stereocenters. The van der Waals surface area contributed by atoms with E-state index in [1.807, 2.05) is 18.2 Å². The quantitative estimate of drug-likeness (QED) is 0.897. The van der Waals surface area contributed by atoms with Crippen molar-refractivity contribution >= 4 is 0 Å². The first-order valence-electron chi connectivity index (χ1n) is 6.64. The molecule has 1 aliphatic heterocycles. The lowest BCUT2D eigenvalue weighted by molar-refractivity contribution is 0.295. The molecular weight excluding hydrogens is 224 g/mol. The summed E-state index contributed by atoms with van der Waals surface area (Å²) in [7, 11) is 0. The molecule has 3 heteroatoms. The fourth-order valence-electron chi connectivity index (χ4n) is 2.73. The number of imidazole rings is 1. The first-order valence-corrected chi connectivity index (χ1v) is 6.64. The predicted octanol–water partition coefficient (Wildman–Crippen LogP) is 2.42. The Hall–Kier alpha value is -1.61. The monoisotopic (exact) mass is 242 g/mol. The fraction of sp³-hybridized carbons (Fsp3) is 0.400. The largest absolute Gasteiger partial charge is 0.396 e. The zero-order chi connectivity index (χ0) is 12.4. The molecular formula is C15H18N2O. The topological polar surface area (TPSA) is 38.1 Å². The summed E-state index contributed by atoms with van der Waals surface area (Å²) in [5.41, 5.74) is 3.41. The van der Waals surface area contributed by atoms with E-state index < -0.39 is 0 Å². The summed E-state index contributed by atoms with van der Waals surface area (Å²) in [5, 5.41) is 9.27. The highest BCUT2D eigenvalue weighted by atomic mass is 16.3. The van der Waals surface area contributed by atoms with E-state index in [9.17, 15) is 5.11 Å². The van der Waals surface area contributed by atoms with Crippen molar-refractivity contribution in [3.63, 3.8) is 0 Å². The third kappa shape index (κ3) is 1.95. The molecule has 3 nitrogen and oxygen atoms in total. The van der Waals surface area contributed by atoms with Gasteiger partial charge in [0.1, 0.15) is 5.82 Å². The van der Waals surface area contributed by atoms with Crippen molar-refractivity contribution in [3.8, 4) is 11.3 Å². The van der Waals surface area contributed by atoms with Crippen molar-refractivity contribution in [3.05, 3.63) is 41.9 Å². The maximum atomic E-state index is 9.27. The highest BCUT2D eigenvalue weighted by Gasteiger charge is 2.19. The maximum Gasteiger partial charge on any atom is 0.109 e. The maximum absolute atomic E-state index is 9.27. The number of hydrogen-bond acceptors (Lipinski definition) is 2. The molecule has 0 bridgehead atoms. The summed E-state index contributed by atoms with van der Waals surface area (Å²) >= 11 is 0. The van der Waals surface area contributed by atoms with Gasteiger partial charge in [-0.2, -0.15) is 0 Å². The van der Waals surface area contributed by atoms with Gasteiger partial charge in [-0.3, -0.25) is 0 Å². The first-order chi connectivity index (χ1) is 8.90. The summed E-state index contributed by atoms with van der Waals surface area (Å²) in [6.07, 6.45) is 4.20. The van der Waals surface area contributed by atoms with Gasteiger partial charge in [0.25, 0.3) is 0 Å². The summed E-state index contributed by atoms with van der Waals surface area (Å²) in [6.45, 7) is 1.23. The third-order valence-corrected chi connectivity index (χ3v) is 3.58. The molecule has 0 aliphatic carbocycles. The van der Waals surface area contributed by atoms with Crippen LogP contribution in [0.4, 0.5) is 0 Å². The van der Waals surface area contributed by atoms with Crippen LogP contribution in [0.2, 0.25) is 0 Å². The zero-order valence-electron chi connectivity index (χ0n) is 10.5. The number of nitrogens with zero attached hydrogens (tertiary/aromatic N) is 2. The van der Waals surface area contributed by atoms with Gasteiger partial charge in [0.2, 0.25) is 0 Å². The molecule has 0 spiro atoms. The number of aliphatic hydroxyl groups is 1. The van der Waals surface area contributed by atoms with Crippen LogP contribution in [0, 0.1) is 0 Å². The molecule has 0 saturated heterocycles. The molecule has 1 N–H and O–H groups in total. The molecule has 1 aliphatic rings. The van der Waals surface area contributed by atoms with E-state index in [0.29, 0.717) is 6.42 Å². The Labute approximate surface area is 107 Å². The minimum absolute atomic E-state index is 0.185. The molecule has 2 heterocycles. The standard InChI is InChI=1S/C15H18N2O/c18-11-9-13-15(12-6-2-1-3-7-12)16-14-8-4-5-10-17(13)14/h1-3,6-7,18H,4-5,8-11H2. The average Bonchev–Trinajstić information content (AvgIpc) is 2.80. The molecule has 0 amide bonds. The second-order valence-corrected chi connectivity index (χ2v) is 4.77. The van der Waals surface area contributed by atoms with Crippen molar-refractivity contribution in [1.29, 1.82) is 0 Å². The number of aryl methyl sites for hydroxylation is 1. The highest BCUT2D eigenvalue weighted by Crippen LogP contribution is 2.27. The zero-order valence-corrected chi connectivity index (χ0v) is 10.5. The van der Waals surface area contributed by atoms with Crippen LogP contribution in [0.1, 0.15) is 24.4 Å². The Morgan fingerprint density at radius 3 is 2.78 bits per heavy atom. The van der Waals surface area contributed by atoms with E-state index in [1.165, 1.54) is 24.4 Å². The second kappa shape index (κ2) is 4.94. The normalized spacial score (nSPS) is 14.5. The number of benzene rings is 1. The molecule has 0 atom stereocenters. The predicted molar refractivity (Wildman–Crippen MR) is 71.4 cm³/mol. The SMILES string of the molecule is OCCc1c(-c2ccccc2)nc2n1CCCC2. The summed E-state index contributed by atoms with van der Waals surface area (Å²) in [5.74, 6) is 1.18. The van der Waals surface area contributed by atoms with Gasteiger partial charge < -0.3 is 9.67 Å². The van der Waals surface area contributed by atoms with Crippen LogP contribution >= 0.6 is 0 Å².